The van der Waals surface area contributed by atoms with E-state index in [9.17, 15) is 5.11 Å². The molecule has 0 spiro atoms. The Labute approximate surface area is 73.3 Å². The summed E-state index contributed by atoms with van der Waals surface area (Å²) >= 11 is 0. The fraction of sp³-hybridized carbons (Fsp3) is 0.250. The maximum Gasteiger partial charge on any atom is 1.00 e. The Morgan fingerprint density at radius 3 is 2.30 bits per heavy atom. The Kier molecular flexibility index (Phi) is 4.27. The molecule has 0 bridgehead atoms. The third-order valence-electron chi connectivity index (χ3n) is 1.35. The normalized spacial score (nSPS) is 8.50. The molecule has 0 amide bonds. The first-order valence-corrected chi connectivity index (χ1v) is 3.09. The largest absolute Gasteiger partial charge is 1.00 e. The molecular formula is C8H9LiO. The molecule has 0 fully saturated rings. The number of para-hydroxylation sites is 1. The van der Waals surface area contributed by atoms with Crippen molar-refractivity contribution < 1.29 is 24.0 Å². The molecule has 2 heteroatoms. The van der Waals surface area contributed by atoms with Crippen molar-refractivity contribution in [1.82, 2.24) is 0 Å². The van der Waals surface area contributed by atoms with E-state index in [4.69, 9.17) is 0 Å². The van der Waals surface area contributed by atoms with Crippen LogP contribution in [-0.2, 0) is 6.42 Å². The minimum absolute atomic E-state index is 0. The van der Waals surface area contributed by atoms with Crippen LogP contribution in [0.4, 0.5) is 0 Å². The molecule has 0 heterocycles. The summed E-state index contributed by atoms with van der Waals surface area (Å²) in [7, 11) is 0. The standard InChI is InChI=1S/C8H10O.Li/c1-2-7-5-3-4-6-8(7)9;/h3-6,9H,2H2,1H3;/q;+1/p-1. The summed E-state index contributed by atoms with van der Waals surface area (Å²) in [6.07, 6.45) is 0.833. The van der Waals surface area contributed by atoms with Gasteiger partial charge in [0.15, 0.2) is 0 Å². The van der Waals surface area contributed by atoms with Crippen molar-refractivity contribution in [3.8, 4) is 5.75 Å². The van der Waals surface area contributed by atoms with Crippen LogP contribution in [0.5, 0.6) is 5.75 Å². The molecular weight excluding hydrogens is 119 g/mol. The van der Waals surface area contributed by atoms with Gasteiger partial charge in [-0.1, -0.05) is 36.8 Å². The molecule has 0 aliphatic heterocycles. The van der Waals surface area contributed by atoms with Crippen LogP contribution in [0.3, 0.4) is 0 Å². The average Bonchev–Trinajstić information content (AvgIpc) is 1.89. The molecule has 0 aromatic heterocycles. The van der Waals surface area contributed by atoms with Crippen LogP contribution in [-0.4, -0.2) is 0 Å². The van der Waals surface area contributed by atoms with Crippen molar-refractivity contribution >= 4 is 0 Å². The predicted molar refractivity (Wildman–Crippen MR) is 35.3 cm³/mol. The third kappa shape index (κ3) is 2.10. The molecule has 1 rings (SSSR count). The number of hydrogen-bond donors (Lipinski definition) is 0. The zero-order valence-electron chi connectivity index (χ0n) is 6.42. The summed E-state index contributed by atoms with van der Waals surface area (Å²) in [5.74, 6) is 0.153. The first kappa shape index (κ1) is 9.62. The van der Waals surface area contributed by atoms with E-state index in [1.165, 1.54) is 0 Å². The first-order chi connectivity index (χ1) is 4.34. The van der Waals surface area contributed by atoms with E-state index in [2.05, 4.69) is 0 Å². The van der Waals surface area contributed by atoms with Gasteiger partial charge in [0, 0.05) is 0 Å². The number of aryl methyl sites for hydroxylation is 1. The predicted octanol–water partition coefficient (Wildman–Crippen LogP) is -1.67. The molecule has 1 aromatic carbocycles. The van der Waals surface area contributed by atoms with Gasteiger partial charge in [-0.25, -0.2) is 0 Å². The van der Waals surface area contributed by atoms with Crippen molar-refractivity contribution in [3.63, 3.8) is 0 Å². The van der Waals surface area contributed by atoms with Gasteiger partial charge in [0.2, 0.25) is 0 Å². The zero-order chi connectivity index (χ0) is 6.69. The molecule has 0 unspecified atom stereocenters. The summed E-state index contributed by atoms with van der Waals surface area (Å²) < 4.78 is 0. The van der Waals surface area contributed by atoms with Crippen LogP contribution < -0.4 is 24.0 Å². The van der Waals surface area contributed by atoms with Crippen LogP contribution in [0.2, 0.25) is 0 Å². The molecule has 0 aliphatic rings. The monoisotopic (exact) mass is 128 g/mol. The van der Waals surface area contributed by atoms with Gasteiger partial charge in [0.1, 0.15) is 0 Å². The summed E-state index contributed by atoms with van der Waals surface area (Å²) in [5.41, 5.74) is 0.900. The second kappa shape index (κ2) is 4.44. The van der Waals surface area contributed by atoms with Crippen molar-refractivity contribution in [2.45, 2.75) is 13.3 Å². The third-order valence-corrected chi connectivity index (χ3v) is 1.35. The minimum atomic E-state index is 0. The van der Waals surface area contributed by atoms with Crippen LogP contribution in [0.25, 0.3) is 0 Å². The van der Waals surface area contributed by atoms with Crippen LogP contribution in [0, 0.1) is 0 Å². The molecule has 0 N–H and O–H groups in total. The van der Waals surface area contributed by atoms with Gasteiger partial charge in [-0.05, 0) is 6.42 Å². The molecule has 10 heavy (non-hydrogen) atoms. The topological polar surface area (TPSA) is 23.1 Å². The second-order valence-electron chi connectivity index (χ2n) is 1.96. The Balaban J connectivity index is 0.000000810. The average molecular weight is 128 g/mol. The van der Waals surface area contributed by atoms with Gasteiger partial charge in [-0.2, -0.15) is 0 Å². The van der Waals surface area contributed by atoms with E-state index in [0.29, 0.717) is 0 Å². The molecule has 48 valence electrons. The zero-order valence-corrected chi connectivity index (χ0v) is 6.42. The number of rotatable bonds is 1. The van der Waals surface area contributed by atoms with Gasteiger partial charge >= 0.3 is 18.9 Å². The summed E-state index contributed by atoms with van der Waals surface area (Å²) in [4.78, 5) is 0. The van der Waals surface area contributed by atoms with Gasteiger partial charge in [0.05, 0.1) is 0 Å². The summed E-state index contributed by atoms with van der Waals surface area (Å²) in [5, 5.41) is 10.9. The van der Waals surface area contributed by atoms with Crippen molar-refractivity contribution in [2.75, 3.05) is 0 Å². The Bertz CT molecular complexity index is 198. The van der Waals surface area contributed by atoms with Gasteiger partial charge < -0.3 is 5.11 Å². The van der Waals surface area contributed by atoms with Crippen LogP contribution in [0.1, 0.15) is 12.5 Å². The molecule has 0 saturated heterocycles. The molecule has 0 radical (unpaired) electrons. The number of hydrogen-bond acceptors (Lipinski definition) is 1. The summed E-state index contributed by atoms with van der Waals surface area (Å²) in [6, 6.07) is 7.11. The SMILES string of the molecule is CCc1ccccc1[O-].[Li+]. The minimum Gasteiger partial charge on any atom is -0.872 e. The van der Waals surface area contributed by atoms with E-state index in [1.54, 1.807) is 12.1 Å². The maximum atomic E-state index is 10.9. The van der Waals surface area contributed by atoms with Crippen molar-refractivity contribution in [3.05, 3.63) is 29.8 Å². The van der Waals surface area contributed by atoms with E-state index in [-0.39, 0.29) is 24.6 Å². The second-order valence-corrected chi connectivity index (χ2v) is 1.96. The van der Waals surface area contributed by atoms with E-state index < -0.39 is 0 Å². The van der Waals surface area contributed by atoms with Crippen molar-refractivity contribution in [1.29, 1.82) is 0 Å². The van der Waals surface area contributed by atoms with Gasteiger partial charge in [-0.3, -0.25) is 0 Å². The molecule has 0 saturated carbocycles. The smallest absolute Gasteiger partial charge is 0.872 e. The van der Waals surface area contributed by atoms with Gasteiger partial charge in [0.25, 0.3) is 0 Å². The molecule has 1 nitrogen and oxygen atoms in total. The fourth-order valence-electron chi connectivity index (χ4n) is 0.796. The van der Waals surface area contributed by atoms with Crippen LogP contribution in [0.15, 0.2) is 24.3 Å². The molecule has 0 atom stereocenters. The van der Waals surface area contributed by atoms with Crippen LogP contribution >= 0.6 is 0 Å². The molecule has 1 aromatic rings. The Hall–Kier alpha value is -0.383. The Morgan fingerprint density at radius 2 is 1.90 bits per heavy atom. The van der Waals surface area contributed by atoms with Crippen molar-refractivity contribution in [2.24, 2.45) is 0 Å². The van der Waals surface area contributed by atoms with Gasteiger partial charge in [-0.15, -0.1) is 5.75 Å². The first-order valence-electron chi connectivity index (χ1n) is 3.09. The number of benzene rings is 1. The van der Waals surface area contributed by atoms with E-state index >= 15 is 0 Å². The van der Waals surface area contributed by atoms with E-state index in [0.717, 1.165) is 12.0 Å². The molecule has 0 aliphatic carbocycles. The summed E-state index contributed by atoms with van der Waals surface area (Å²) in [6.45, 7) is 1.98. The maximum absolute atomic E-state index is 10.9. The van der Waals surface area contributed by atoms with E-state index in [1.807, 2.05) is 19.1 Å². The fourth-order valence-corrected chi connectivity index (χ4v) is 0.796. The Morgan fingerprint density at radius 1 is 1.30 bits per heavy atom. The quantitative estimate of drug-likeness (QED) is 0.414.